The molecule has 0 radical (unpaired) electrons. The van der Waals surface area contributed by atoms with Gasteiger partial charge in [-0.05, 0) is 30.3 Å². The molecule has 0 aliphatic carbocycles. The van der Waals surface area contributed by atoms with Crippen molar-refractivity contribution in [3.8, 4) is 5.75 Å². The van der Waals surface area contributed by atoms with Crippen LogP contribution >= 0.6 is 15.9 Å². The molecule has 0 spiro atoms. The molecule has 0 aliphatic heterocycles. The number of hydrogen-bond acceptors (Lipinski definition) is 3. The SMILES string of the molecule is O=C(N/N=C/c1cc(Br)ccc1O)c1ccccc1C(F)(F)F. The fourth-order valence-corrected chi connectivity index (χ4v) is 2.16. The summed E-state index contributed by atoms with van der Waals surface area (Å²) in [7, 11) is 0. The Morgan fingerprint density at radius 2 is 1.91 bits per heavy atom. The number of alkyl halides is 3. The van der Waals surface area contributed by atoms with Crippen LogP contribution in [0.4, 0.5) is 13.2 Å². The Balaban J connectivity index is 2.18. The number of halogens is 4. The lowest BCUT2D eigenvalue weighted by atomic mass is 10.1. The summed E-state index contributed by atoms with van der Waals surface area (Å²) in [5, 5.41) is 13.2. The average molecular weight is 387 g/mol. The van der Waals surface area contributed by atoms with E-state index in [4.69, 9.17) is 0 Å². The Morgan fingerprint density at radius 1 is 1.22 bits per heavy atom. The number of hydrogen-bond donors (Lipinski definition) is 2. The van der Waals surface area contributed by atoms with Gasteiger partial charge in [-0.25, -0.2) is 5.43 Å². The normalized spacial score (nSPS) is 11.7. The molecular formula is C15H10BrF3N2O2. The molecule has 2 N–H and O–H groups in total. The largest absolute Gasteiger partial charge is 0.507 e. The van der Waals surface area contributed by atoms with E-state index in [1.807, 2.05) is 5.43 Å². The van der Waals surface area contributed by atoms with E-state index in [9.17, 15) is 23.1 Å². The molecule has 8 heteroatoms. The summed E-state index contributed by atoms with van der Waals surface area (Å²) in [6, 6.07) is 8.95. The molecule has 0 saturated heterocycles. The molecule has 2 rings (SSSR count). The number of amides is 1. The van der Waals surface area contributed by atoms with Crippen LogP contribution in [0.5, 0.6) is 5.75 Å². The van der Waals surface area contributed by atoms with Gasteiger partial charge in [0.15, 0.2) is 0 Å². The maximum absolute atomic E-state index is 12.8. The molecule has 4 nitrogen and oxygen atoms in total. The maximum Gasteiger partial charge on any atom is 0.417 e. The van der Waals surface area contributed by atoms with Crippen LogP contribution in [0.3, 0.4) is 0 Å². The number of aromatic hydroxyl groups is 1. The topological polar surface area (TPSA) is 61.7 Å². The number of phenolic OH excluding ortho intramolecular Hbond substituents is 1. The van der Waals surface area contributed by atoms with E-state index in [1.165, 1.54) is 24.3 Å². The zero-order valence-corrected chi connectivity index (χ0v) is 13.0. The highest BCUT2D eigenvalue weighted by Gasteiger charge is 2.34. The molecule has 0 aliphatic rings. The summed E-state index contributed by atoms with van der Waals surface area (Å²) in [5.74, 6) is -1.08. The summed E-state index contributed by atoms with van der Waals surface area (Å²) in [6.07, 6.45) is -3.51. The minimum atomic E-state index is -4.64. The maximum atomic E-state index is 12.8. The monoisotopic (exact) mass is 386 g/mol. The van der Waals surface area contributed by atoms with Crippen molar-refractivity contribution in [3.63, 3.8) is 0 Å². The van der Waals surface area contributed by atoms with Gasteiger partial charge >= 0.3 is 6.18 Å². The lowest BCUT2D eigenvalue weighted by molar-refractivity contribution is -0.137. The molecule has 2 aromatic rings. The zero-order chi connectivity index (χ0) is 17.0. The smallest absolute Gasteiger partial charge is 0.417 e. The van der Waals surface area contributed by atoms with E-state index in [-0.39, 0.29) is 5.75 Å². The average Bonchev–Trinajstić information content (AvgIpc) is 2.49. The third-order valence-electron chi connectivity index (χ3n) is 2.84. The van der Waals surface area contributed by atoms with E-state index < -0.39 is 23.2 Å². The number of rotatable bonds is 3. The van der Waals surface area contributed by atoms with Crippen LogP contribution in [0.1, 0.15) is 21.5 Å². The number of benzene rings is 2. The minimum Gasteiger partial charge on any atom is -0.507 e. The second-order valence-electron chi connectivity index (χ2n) is 4.45. The summed E-state index contributed by atoms with van der Waals surface area (Å²) in [6.45, 7) is 0. The van der Waals surface area contributed by atoms with Gasteiger partial charge in [-0.1, -0.05) is 28.1 Å². The molecule has 0 bridgehead atoms. The molecule has 0 unspecified atom stereocenters. The van der Waals surface area contributed by atoms with Gasteiger partial charge in [0.1, 0.15) is 5.75 Å². The number of nitrogens with zero attached hydrogens (tertiary/aromatic N) is 1. The second-order valence-corrected chi connectivity index (χ2v) is 5.36. The third kappa shape index (κ3) is 4.32. The first-order valence-corrected chi connectivity index (χ1v) is 7.06. The van der Waals surface area contributed by atoms with E-state index in [0.717, 1.165) is 18.3 Å². The zero-order valence-electron chi connectivity index (χ0n) is 11.4. The Bertz CT molecular complexity index is 761. The molecule has 23 heavy (non-hydrogen) atoms. The lowest BCUT2D eigenvalue weighted by Gasteiger charge is -2.10. The van der Waals surface area contributed by atoms with Crippen LogP contribution in [0.15, 0.2) is 52.0 Å². The van der Waals surface area contributed by atoms with Crippen LogP contribution in [-0.4, -0.2) is 17.2 Å². The van der Waals surface area contributed by atoms with Crippen LogP contribution in [0, 0.1) is 0 Å². The highest BCUT2D eigenvalue weighted by molar-refractivity contribution is 9.10. The van der Waals surface area contributed by atoms with Gasteiger partial charge in [-0.3, -0.25) is 4.79 Å². The number of carbonyl (C=O) groups excluding carboxylic acids is 1. The third-order valence-corrected chi connectivity index (χ3v) is 3.33. The summed E-state index contributed by atoms with van der Waals surface area (Å²) in [5.41, 5.74) is 0.731. The van der Waals surface area contributed by atoms with Crippen molar-refractivity contribution in [2.45, 2.75) is 6.18 Å². The van der Waals surface area contributed by atoms with Crippen molar-refractivity contribution >= 4 is 28.1 Å². The van der Waals surface area contributed by atoms with E-state index in [2.05, 4.69) is 21.0 Å². The van der Waals surface area contributed by atoms with E-state index >= 15 is 0 Å². The van der Waals surface area contributed by atoms with Gasteiger partial charge in [0.25, 0.3) is 5.91 Å². The predicted octanol–water partition coefficient (Wildman–Crippen LogP) is 3.94. The molecule has 0 atom stereocenters. The summed E-state index contributed by atoms with van der Waals surface area (Å²) < 4.78 is 39.2. The van der Waals surface area contributed by atoms with Crippen LogP contribution in [0.25, 0.3) is 0 Å². The van der Waals surface area contributed by atoms with E-state index in [1.54, 1.807) is 6.07 Å². The van der Waals surface area contributed by atoms with Gasteiger partial charge in [0.2, 0.25) is 0 Å². The highest BCUT2D eigenvalue weighted by Crippen LogP contribution is 2.31. The van der Waals surface area contributed by atoms with Gasteiger partial charge in [-0.15, -0.1) is 0 Å². The van der Waals surface area contributed by atoms with Crippen molar-refractivity contribution in [1.29, 1.82) is 0 Å². The first-order valence-electron chi connectivity index (χ1n) is 6.27. The van der Waals surface area contributed by atoms with Crippen molar-refractivity contribution in [2.75, 3.05) is 0 Å². The van der Waals surface area contributed by atoms with Crippen molar-refractivity contribution in [2.24, 2.45) is 5.10 Å². The second kappa shape index (κ2) is 6.82. The Morgan fingerprint density at radius 3 is 2.61 bits per heavy atom. The van der Waals surface area contributed by atoms with Crippen molar-refractivity contribution in [3.05, 3.63) is 63.6 Å². The number of phenols is 1. The first kappa shape index (κ1) is 17.0. The lowest BCUT2D eigenvalue weighted by Crippen LogP contribution is -2.22. The van der Waals surface area contributed by atoms with Crippen molar-refractivity contribution in [1.82, 2.24) is 5.43 Å². The molecule has 0 heterocycles. The van der Waals surface area contributed by atoms with Crippen molar-refractivity contribution < 1.29 is 23.1 Å². The first-order chi connectivity index (χ1) is 10.8. The fraction of sp³-hybridized carbons (Fsp3) is 0.0667. The molecule has 0 fully saturated rings. The van der Waals surface area contributed by atoms with Gasteiger partial charge in [0, 0.05) is 10.0 Å². The van der Waals surface area contributed by atoms with Crippen LogP contribution in [0.2, 0.25) is 0 Å². The van der Waals surface area contributed by atoms with Gasteiger partial charge in [-0.2, -0.15) is 18.3 Å². The predicted molar refractivity (Wildman–Crippen MR) is 82.3 cm³/mol. The Kier molecular flexibility index (Phi) is 5.05. The van der Waals surface area contributed by atoms with Gasteiger partial charge < -0.3 is 5.11 Å². The highest BCUT2D eigenvalue weighted by atomic mass is 79.9. The Hall–Kier alpha value is -2.35. The summed E-state index contributed by atoms with van der Waals surface area (Å²) in [4.78, 5) is 11.9. The van der Waals surface area contributed by atoms with Crippen LogP contribution in [-0.2, 0) is 6.18 Å². The van der Waals surface area contributed by atoms with Crippen LogP contribution < -0.4 is 5.43 Å². The summed E-state index contributed by atoms with van der Waals surface area (Å²) >= 11 is 3.20. The minimum absolute atomic E-state index is 0.0816. The molecule has 0 saturated carbocycles. The van der Waals surface area contributed by atoms with Gasteiger partial charge in [0.05, 0.1) is 17.3 Å². The molecule has 2 aromatic carbocycles. The number of hydrazone groups is 1. The Labute approximate surface area is 137 Å². The fourth-order valence-electron chi connectivity index (χ4n) is 1.78. The molecule has 0 aromatic heterocycles. The van der Waals surface area contributed by atoms with E-state index in [0.29, 0.717) is 10.0 Å². The molecule has 120 valence electrons. The number of carbonyl (C=O) groups is 1. The molecular weight excluding hydrogens is 377 g/mol. The quantitative estimate of drug-likeness (QED) is 0.619. The number of nitrogens with one attached hydrogen (secondary N) is 1. The standard InChI is InChI=1S/C15H10BrF3N2O2/c16-10-5-6-13(22)9(7-10)8-20-21-14(23)11-3-1-2-4-12(11)15(17,18)19/h1-8,22H,(H,21,23)/b20-8+. The molecule has 1 amide bonds.